The van der Waals surface area contributed by atoms with Gasteiger partial charge in [-0.3, -0.25) is 19.1 Å². The monoisotopic (exact) mass is 295 g/mol. The smallest absolute Gasteiger partial charge is 0.300 e. The molecule has 100 valence electrons. The molecule has 0 saturated heterocycles. The highest BCUT2D eigenvalue weighted by Gasteiger charge is 2.33. The summed E-state index contributed by atoms with van der Waals surface area (Å²) in [7, 11) is 0. The number of aromatic nitrogens is 2. The highest BCUT2D eigenvalue weighted by molar-refractivity contribution is 7.14. The summed E-state index contributed by atoms with van der Waals surface area (Å²) in [6.07, 6.45) is 3.87. The maximum atomic E-state index is 11.6. The van der Waals surface area contributed by atoms with Crippen LogP contribution in [0.5, 0.6) is 0 Å². The van der Waals surface area contributed by atoms with Crippen molar-refractivity contribution in [2.24, 2.45) is 0 Å². The molecule has 0 bridgehead atoms. The summed E-state index contributed by atoms with van der Waals surface area (Å²) in [5, 5.41) is 4.42. The van der Waals surface area contributed by atoms with Gasteiger partial charge >= 0.3 is 4.87 Å². The fourth-order valence-electron chi connectivity index (χ4n) is 1.94. The van der Waals surface area contributed by atoms with Crippen LogP contribution < -0.4 is 9.77 Å². The van der Waals surface area contributed by atoms with E-state index in [0.29, 0.717) is 12.6 Å². The van der Waals surface area contributed by atoms with Gasteiger partial charge in [0.25, 0.3) is 0 Å². The molecular formula is C12H13N3O2S2. The highest BCUT2D eigenvalue weighted by Crippen LogP contribution is 2.33. The van der Waals surface area contributed by atoms with Crippen LogP contribution in [0.4, 0.5) is 5.13 Å². The van der Waals surface area contributed by atoms with Crippen molar-refractivity contribution in [1.29, 1.82) is 0 Å². The average Bonchev–Trinajstić information content (AvgIpc) is 2.94. The predicted molar refractivity (Wildman–Crippen MR) is 76.0 cm³/mol. The summed E-state index contributed by atoms with van der Waals surface area (Å²) >= 11 is 2.64. The zero-order valence-corrected chi connectivity index (χ0v) is 12.0. The number of anilines is 1. The van der Waals surface area contributed by atoms with Crippen molar-refractivity contribution >= 4 is 33.7 Å². The number of thiazole rings is 2. The fourth-order valence-corrected chi connectivity index (χ4v) is 3.46. The molecule has 0 atom stereocenters. The van der Waals surface area contributed by atoms with Crippen LogP contribution in [-0.4, -0.2) is 21.5 Å². The Labute approximate surface area is 118 Å². The lowest BCUT2D eigenvalue weighted by Gasteiger charge is -2.16. The van der Waals surface area contributed by atoms with Crippen molar-refractivity contribution in [3.05, 3.63) is 32.3 Å². The van der Waals surface area contributed by atoms with Gasteiger partial charge in [0, 0.05) is 29.9 Å². The van der Waals surface area contributed by atoms with Crippen LogP contribution in [0.3, 0.4) is 0 Å². The second-order valence-corrected chi connectivity index (χ2v) is 6.23. The van der Waals surface area contributed by atoms with E-state index in [2.05, 4.69) is 4.98 Å². The lowest BCUT2D eigenvalue weighted by molar-refractivity contribution is -0.116. The van der Waals surface area contributed by atoms with E-state index >= 15 is 0 Å². The van der Waals surface area contributed by atoms with Crippen molar-refractivity contribution in [3.8, 4) is 0 Å². The van der Waals surface area contributed by atoms with Gasteiger partial charge in [0.15, 0.2) is 5.13 Å². The largest absolute Gasteiger partial charge is 0.307 e. The topological polar surface area (TPSA) is 55.2 Å². The fraction of sp³-hybridized carbons (Fsp3) is 0.417. The molecule has 0 N–H and O–H groups in total. The van der Waals surface area contributed by atoms with Crippen molar-refractivity contribution < 1.29 is 4.79 Å². The van der Waals surface area contributed by atoms with Gasteiger partial charge in [-0.05, 0) is 12.8 Å². The molecule has 7 heteroatoms. The Morgan fingerprint density at radius 1 is 1.53 bits per heavy atom. The first-order valence-electron chi connectivity index (χ1n) is 6.03. The Balaban J connectivity index is 1.81. The SMILES string of the molecule is CC(=O)N(c1nc(Cn2ccsc2=O)cs1)C1CC1. The second-order valence-electron chi connectivity index (χ2n) is 4.54. The summed E-state index contributed by atoms with van der Waals surface area (Å²) in [5.74, 6) is 0.0381. The van der Waals surface area contributed by atoms with E-state index in [4.69, 9.17) is 0 Å². The van der Waals surface area contributed by atoms with Gasteiger partial charge in [0.1, 0.15) is 0 Å². The number of amides is 1. The molecule has 0 radical (unpaired) electrons. The summed E-state index contributed by atoms with van der Waals surface area (Å²) in [6.45, 7) is 2.04. The first-order valence-corrected chi connectivity index (χ1v) is 7.79. The minimum Gasteiger partial charge on any atom is -0.300 e. The number of rotatable bonds is 4. The average molecular weight is 295 g/mol. The lowest BCUT2D eigenvalue weighted by Crippen LogP contribution is -2.30. The minimum atomic E-state index is 0.0140. The van der Waals surface area contributed by atoms with Crippen LogP contribution in [-0.2, 0) is 11.3 Å². The quantitative estimate of drug-likeness (QED) is 0.866. The number of nitrogens with zero attached hydrogens (tertiary/aromatic N) is 3. The van der Waals surface area contributed by atoms with Crippen LogP contribution >= 0.6 is 22.7 Å². The first kappa shape index (κ1) is 12.6. The molecule has 5 nitrogen and oxygen atoms in total. The third-order valence-corrected chi connectivity index (χ3v) is 4.56. The summed E-state index contributed by atoms with van der Waals surface area (Å²) in [6, 6.07) is 0.320. The lowest BCUT2D eigenvalue weighted by atomic mass is 10.5. The zero-order chi connectivity index (χ0) is 13.4. The maximum absolute atomic E-state index is 11.6. The van der Waals surface area contributed by atoms with Crippen molar-refractivity contribution in [2.75, 3.05) is 4.90 Å². The van der Waals surface area contributed by atoms with E-state index in [0.717, 1.165) is 23.7 Å². The van der Waals surface area contributed by atoms with Gasteiger partial charge in [-0.1, -0.05) is 11.3 Å². The third kappa shape index (κ3) is 2.62. The molecule has 1 aliphatic carbocycles. The van der Waals surface area contributed by atoms with Crippen LogP contribution in [0.1, 0.15) is 25.5 Å². The van der Waals surface area contributed by atoms with Gasteiger partial charge in [0.2, 0.25) is 5.91 Å². The van der Waals surface area contributed by atoms with E-state index < -0.39 is 0 Å². The first-order chi connectivity index (χ1) is 9.15. The van der Waals surface area contributed by atoms with Crippen molar-refractivity contribution in [1.82, 2.24) is 9.55 Å². The van der Waals surface area contributed by atoms with Crippen molar-refractivity contribution in [2.45, 2.75) is 32.4 Å². The van der Waals surface area contributed by atoms with Gasteiger partial charge < -0.3 is 0 Å². The third-order valence-electron chi connectivity index (χ3n) is 2.97. The van der Waals surface area contributed by atoms with Gasteiger partial charge in [-0.25, -0.2) is 4.98 Å². The molecule has 2 heterocycles. The highest BCUT2D eigenvalue weighted by atomic mass is 32.1. The maximum Gasteiger partial charge on any atom is 0.307 e. The number of carbonyl (C=O) groups is 1. The molecule has 1 amide bonds. The van der Waals surface area contributed by atoms with Crippen LogP contribution in [0.2, 0.25) is 0 Å². The Hall–Kier alpha value is -1.47. The van der Waals surface area contributed by atoms with Gasteiger partial charge in [-0.15, -0.1) is 11.3 Å². The number of hydrogen-bond acceptors (Lipinski definition) is 5. The molecular weight excluding hydrogens is 282 g/mol. The second kappa shape index (κ2) is 4.90. The number of hydrogen-bond donors (Lipinski definition) is 0. The molecule has 19 heavy (non-hydrogen) atoms. The van der Waals surface area contributed by atoms with Gasteiger partial charge in [-0.2, -0.15) is 0 Å². The van der Waals surface area contributed by atoms with Crippen LogP contribution in [0.25, 0.3) is 0 Å². The van der Waals surface area contributed by atoms with E-state index in [9.17, 15) is 9.59 Å². The van der Waals surface area contributed by atoms with E-state index in [-0.39, 0.29) is 10.8 Å². The Kier molecular flexibility index (Phi) is 3.24. The van der Waals surface area contributed by atoms with E-state index in [1.54, 1.807) is 28.0 Å². The Morgan fingerprint density at radius 2 is 2.32 bits per heavy atom. The summed E-state index contributed by atoms with van der Waals surface area (Å²) < 4.78 is 1.62. The van der Waals surface area contributed by atoms with E-state index in [1.807, 2.05) is 5.38 Å². The molecule has 2 aromatic heterocycles. The molecule has 2 aromatic rings. The molecule has 0 aliphatic heterocycles. The molecule has 0 unspecified atom stereocenters. The molecule has 1 saturated carbocycles. The van der Waals surface area contributed by atoms with E-state index in [1.165, 1.54) is 22.7 Å². The summed E-state index contributed by atoms with van der Waals surface area (Å²) in [4.78, 5) is 29.4. The molecule has 0 spiro atoms. The standard InChI is InChI=1S/C12H13N3O2S2/c1-8(16)15(10-2-3-10)11-13-9(7-19-11)6-14-4-5-18-12(14)17/h4-5,7,10H,2-3,6H2,1H3. The minimum absolute atomic E-state index is 0.0140. The normalized spacial score (nSPS) is 14.6. The molecule has 0 aromatic carbocycles. The molecule has 1 fully saturated rings. The number of carbonyl (C=O) groups excluding carboxylic acids is 1. The summed E-state index contributed by atoms with van der Waals surface area (Å²) in [5.41, 5.74) is 0.826. The Bertz CT molecular complexity index is 654. The van der Waals surface area contributed by atoms with Crippen LogP contribution in [0, 0.1) is 0 Å². The Morgan fingerprint density at radius 3 is 2.89 bits per heavy atom. The predicted octanol–water partition coefficient (Wildman–Crippen LogP) is 1.93. The van der Waals surface area contributed by atoms with Crippen LogP contribution in [0.15, 0.2) is 21.8 Å². The molecule has 3 rings (SSSR count). The zero-order valence-electron chi connectivity index (χ0n) is 10.4. The molecule has 1 aliphatic rings. The van der Waals surface area contributed by atoms with Crippen molar-refractivity contribution in [3.63, 3.8) is 0 Å². The van der Waals surface area contributed by atoms with Gasteiger partial charge in [0.05, 0.1) is 12.2 Å².